The molecule has 1 fully saturated rings. The third-order valence-electron chi connectivity index (χ3n) is 3.51. The quantitative estimate of drug-likeness (QED) is 0.658. The first-order valence-corrected chi connectivity index (χ1v) is 6.29. The Kier molecular flexibility index (Phi) is 4.62. The second-order valence-electron chi connectivity index (χ2n) is 4.66. The number of tetrazole rings is 1. The summed E-state index contributed by atoms with van der Waals surface area (Å²) in [6.45, 7) is 2.86. The van der Waals surface area contributed by atoms with Gasteiger partial charge in [0.25, 0.3) is 0 Å². The second-order valence-corrected chi connectivity index (χ2v) is 4.66. The van der Waals surface area contributed by atoms with Crippen molar-refractivity contribution in [2.45, 2.75) is 38.0 Å². The highest BCUT2D eigenvalue weighted by molar-refractivity contribution is 4.92. The Balaban J connectivity index is 1.87. The molecule has 1 N–H and O–H groups in total. The summed E-state index contributed by atoms with van der Waals surface area (Å²) in [5, 5.41) is 15.0. The zero-order valence-corrected chi connectivity index (χ0v) is 11.1. The molecule has 1 aliphatic carbocycles. The molecule has 0 amide bonds. The maximum atomic E-state index is 5.59. The molecule has 7 nitrogen and oxygen atoms in total. The van der Waals surface area contributed by atoms with E-state index >= 15 is 0 Å². The number of methoxy groups -OCH3 is 2. The van der Waals surface area contributed by atoms with Crippen LogP contribution in [-0.2, 0) is 22.6 Å². The lowest BCUT2D eigenvalue weighted by Crippen LogP contribution is -2.44. The van der Waals surface area contributed by atoms with Crippen molar-refractivity contribution in [3.05, 3.63) is 5.82 Å². The molecule has 1 aliphatic rings. The Bertz CT molecular complexity index is 359. The highest BCUT2D eigenvalue weighted by Gasteiger charge is 2.38. The van der Waals surface area contributed by atoms with Crippen LogP contribution in [0, 0.1) is 0 Å². The number of hydrogen-bond donors (Lipinski definition) is 1. The van der Waals surface area contributed by atoms with E-state index in [2.05, 4.69) is 20.8 Å². The molecule has 0 aliphatic heterocycles. The lowest BCUT2D eigenvalue weighted by molar-refractivity contribution is -0.0863. The first-order chi connectivity index (χ1) is 8.79. The van der Waals surface area contributed by atoms with Crippen LogP contribution in [0.5, 0.6) is 0 Å². The standard InChI is InChI=1S/C11H21N5O2/c1-17-7-6-12-8-10-13-14-15-16(10)9-11(18-2)4-3-5-11/h12H,3-9H2,1-2H3. The molecule has 1 aromatic heterocycles. The Morgan fingerprint density at radius 1 is 1.39 bits per heavy atom. The largest absolute Gasteiger partial charge is 0.383 e. The van der Waals surface area contributed by atoms with Gasteiger partial charge in [-0.25, -0.2) is 4.68 Å². The van der Waals surface area contributed by atoms with Crippen molar-refractivity contribution in [3.8, 4) is 0 Å². The summed E-state index contributed by atoms with van der Waals surface area (Å²) < 4.78 is 12.4. The molecule has 18 heavy (non-hydrogen) atoms. The molecule has 102 valence electrons. The number of ether oxygens (including phenoxy) is 2. The van der Waals surface area contributed by atoms with Crippen molar-refractivity contribution in [3.63, 3.8) is 0 Å². The van der Waals surface area contributed by atoms with Crippen molar-refractivity contribution < 1.29 is 9.47 Å². The van der Waals surface area contributed by atoms with E-state index in [9.17, 15) is 0 Å². The molecule has 1 saturated carbocycles. The molecule has 0 saturated heterocycles. The van der Waals surface area contributed by atoms with Crippen LogP contribution in [0.2, 0.25) is 0 Å². The van der Waals surface area contributed by atoms with Crippen molar-refractivity contribution in [1.82, 2.24) is 25.5 Å². The molecule has 0 unspecified atom stereocenters. The summed E-state index contributed by atoms with van der Waals surface area (Å²) in [5.41, 5.74) is -0.0589. The van der Waals surface area contributed by atoms with Gasteiger partial charge >= 0.3 is 0 Å². The number of aromatic nitrogens is 4. The van der Waals surface area contributed by atoms with Crippen LogP contribution >= 0.6 is 0 Å². The normalized spacial score (nSPS) is 17.7. The van der Waals surface area contributed by atoms with Gasteiger partial charge in [0, 0.05) is 20.8 Å². The second kappa shape index (κ2) is 6.21. The van der Waals surface area contributed by atoms with E-state index in [0.717, 1.165) is 31.8 Å². The predicted molar refractivity (Wildman–Crippen MR) is 65.0 cm³/mol. The lowest BCUT2D eigenvalue weighted by atomic mass is 9.80. The minimum Gasteiger partial charge on any atom is -0.383 e. The van der Waals surface area contributed by atoms with Crippen molar-refractivity contribution >= 4 is 0 Å². The van der Waals surface area contributed by atoms with E-state index in [1.54, 1.807) is 14.2 Å². The summed E-state index contributed by atoms with van der Waals surface area (Å²) in [4.78, 5) is 0. The van der Waals surface area contributed by atoms with Crippen LogP contribution in [-0.4, -0.2) is 53.2 Å². The van der Waals surface area contributed by atoms with Crippen molar-refractivity contribution in [1.29, 1.82) is 0 Å². The summed E-state index contributed by atoms with van der Waals surface area (Å²) >= 11 is 0. The van der Waals surface area contributed by atoms with Gasteiger partial charge in [0.1, 0.15) is 0 Å². The minimum absolute atomic E-state index is 0.0589. The molecule has 2 rings (SSSR count). The van der Waals surface area contributed by atoms with Crippen LogP contribution in [0.4, 0.5) is 0 Å². The maximum absolute atomic E-state index is 5.59. The number of rotatable bonds is 8. The molecular formula is C11H21N5O2. The Morgan fingerprint density at radius 3 is 2.83 bits per heavy atom. The molecule has 7 heteroatoms. The van der Waals surface area contributed by atoms with Gasteiger partial charge in [0.15, 0.2) is 5.82 Å². The smallest absolute Gasteiger partial charge is 0.165 e. The zero-order valence-electron chi connectivity index (χ0n) is 11.1. The van der Waals surface area contributed by atoms with Crippen molar-refractivity contribution in [2.75, 3.05) is 27.4 Å². The Hall–Kier alpha value is -1.05. The topological polar surface area (TPSA) is 74.1 Å². The first kappa shape index (κ1) is 13.4. The van der Waals surface area contributed by atoms with Gasteiger partial charge in [-0.15, -0.1) is 5.10 Å². The summed E-state index contributed by atoms with van der Waals surface area (Å²) in [6.07, 6.45) is 3.39. The first-order valence-electron chi connectivity index (χ1n) is 6.29. The van der Waals surface area contributed by atoms with E-state index in [0.29, 0.717) is 13.2 Å². The molecular weight excluding hydrogens is 234 g/mol. The van der Waals surface area contributed by atoms with Crippen LogP contribution in [0.25, 0.3) is 0 Å². The highest BCUT2D eigenvalue weighted by atomic mass is 16.5. The summed E-state index contributed by atoms with van der Waals surface area (Å²) in [6, 6.07) is 0. The summed E-state index contributed by atoms with van der Waals surface area (Å²) in [7, 11) is 3.45. The van der Waals surface area contributed by atoms with Gasteiger partial charge in [0.2, 0.25) is 0 Å². The average Bonchev–Trinajstić information content (AvgIpc) is 2.77. The SMILES string of the molecule is COCCNCc1nnnn1CC1(OC)CCC1. The van der Waals surface area contributed by atoms with Gasteiger partial charge in [-0.1, -0.05) is 0 Å². The fraction of sp³-hybridized carbons (Fsp3) is 0.909. The fourth-order valence-electron chi connectivity index (χ4n) is 2.12. The van der Waals surface area contributed by atoms with Crippen LogP contribution in [0.15, 0.2) is 0 Å². The molecule has 1 aromatic rings. The third kappa shape index (κ3) is 3.04. The van der Waals surface area contributed by atoms with E-state index in [4.69, 9.17) is 9.47 Å². The van der Waals surface area contributed by atoms with Gasteiger partial charge in [0.05, 0.1) is 25.3 Å². The van der Waals surface area contributed by atoms with Gasteiger partial charge < -0.3 is 14.8 Å². The van der Waals surface area contributed by atoms with Crippen LogP contribution in [0.3, 0.4) is 0 Å². The number of hydrogen-bond acceptors (Lipinski definition) is 6. The lowest BCUT2D eigenvalue weighted by Gasteiger charge is -2.40. The predicted octanol–water partition coefficient (Wildman–Crippen LogP) is -0.0218. The average molecular weight is 255 g/mol. The third-order valence-corrected chi connectivity index (χ3v) is 3.51. The summed E-state index contributed by atoms with van der Waals surface area (Å²) in [5.74, 6) is 0.842. The molecule has 0 aromatic carbocycles. The minimum atomic E-state index is -0.0589. The van der Waals surface area contributed by atoms with Crippen LogP contribution < -0.4 is 5.32 Å². The number of nitrogens with zero attached hydrogens (tertiary/aromatic N) is 4. The van der Waals surface area contributed by atoms with E-state index in [1.807, 2.05) is 4.68 Å². The highest BCUT2D eigenvalue weighted by Crippen LogP contribution is 2.36. The monoisotopic (exact) mass is 255 g/mol. The van der Waals surface area contributed by atoms with Crippen molar-refractivity contribution in [2.24, 2.45) is 0 Å². The molecule has 0 radical (unpaired) electrons. The Morgan fingerprint density at radius 2 is 2.22 bits per heavy atom. The van der Waals surface area contributed by atoms with E-state index in [-0.39, 0.29) is 5.60 Å². The molecule has 0 atom stereocenters. The van der Waals surface area contributed by atoms with Gasteiger partial charge in [-0.05, 0) is 29.7 Å². The molecule has 0 spiro atoms. The maximum Gasteiger partial charge on any atom is 0.165 e. The molecule has 1 heterocycles. The van der Waals surface area contributed by atoms with E-state index in [1.165, 1.54) is 6.42 Å². The Labute approximate surface area is 107 Å². The fourth-order valence-corrected chi connectivity index (χ4v) is 2.12. The van der Waals surface area contributed by atoms with Gasteiger partial charge in [-0.2, -0.15) is 0 Å². The van der Waals surface area contributed by atoms with Gasteiger partial charge in [-0.3, -0.25) is 0 Å². The molecule has 0 bridgehead atoms. The zero-order chi connectivity index (χ0) is 12.8. The van der Waals surface area contributed by atoms with Crippen LogP contribution in [0.1, 0.15) is 25.1 Å². The van der Waals surface area contributed by atoms with E-state index < -0.39 is 0 Å². The number of nitrogens with one attached hydrogen (secondary N) is 1.